The van der Waals surface area contributed by atoms with Crippen molar-refractivity contribution in [1.29, 1.82) is 0 Å². The van der Waals surface area contributed by atoms with Crippen molar-refractivity contribution < 1.29 is 8.42 Å². The van der Waals surface area contributed by atoms with Gasteiger partial charge in [-0.3, -0.25) is 4.68 Å². The first-order chi connectivity index (χ1) is 11.0. The molecule has 1 saturated heterocycles. The van der Waals surface area contributed by atoms with Gasteiger partial charge in [-0.1, -0.05) is 23.7 Å². The molecular formula is C15H20Cl2N4O2S. The molecule has 6 nitrogen and oxygen atoms in total. The monoisotopic (exact) mass is 390 g/mol. The lowest BCUT2D eigenvalue weighted by molar-refractivity contribution is 0.271. The SMILES string of the molecule is CCn1cc(S(=O)(=O)N2CCNCC2c2cccc(Cl)c2)cn1.Cl. The lowest BCUT2D eigenvalue weighted by Gasteiger charge is -2.35. The highest BCUT2D eigenvalue weighted by atomic mass is 35.5. The van der Waals surface area contributed by atoms with E-state index in [-0.39, 0.29) is 23.3 Å². The van der Waals surface area contributed by atoms with Crippen LogP contribution < -0.4 is 5.32 Å². The van der Waals surface area contributed by atoms with Gasteiger partial charge in [-0.15, -0.1) is 12.4 Å². The number of piperazine rings is 1. The zero-order valence-electron chi connectivity index (χ0n) is 13.2. The molecule has 2 aromatic rings. The molecule has 1 aliphatic heterocycles. The summed E-state index contributed by atoms with van der Waals surface area (Å²) in [6.45, 7) is 4.15. The fourth-order valence-corrected chi connectivity index (χ4v) is 4.53. The fourth-order valence-electron chi connectivity index (χ4n) is 2.76. The van der Waals surface area contributed by atoms with E-state index in [0.717, 1.165) is 5.56 Å². The third-order valence-corrected chi connectivity index (χ3v) is 6.06. The first-order valence-electron chi connectivity index (χ1n) is 7.53. The standard InChI is InChI=1S/C15H19ClN4O2S.ClH/c1-2-19-11-14(9-18-19)23(21,22)20-7-6-17-10-15(20)12-4-3-5-13(16)8-12;/h3-5,8-9,11,15,17H,2,6-7,10H2,1H3;1H. The van der Waals surface area contributed by atoms with Crippen LogP contribution >= 0.6 is 24.0 Å². The zero-order chi connectivity index (χ0) is 16.4. The quantitative estimate of drug-likeness (QED) is 0.869. The van der Waals surface area contributed by atoms with Gasteiger partial charge in [0.05, 0.1) is 12.2 Å². The van der Waals surface area contributed by atoms with Crippen molar-refractivity contribution in [2.24, 2.45) is 0 Å². The van der Waals surface area contributed by atoms with Crippen LogP contribution in [0.2, 0.25) is 5.02 Å². The van der Waals surface area contributed by atoms with Gasteiger partial charge in [0, 0.05) is 37.4 Å². The summed E-state index contributed by atoms with van der Waals surface area (Å²) in [7, 11) is -3.59. The molecule has 1 fully saturated rings. The zero-order valence-corrected chi connectivity index (χ0v) is 15.6. The minimum absolute atomic E-state index is 0. The molecule has 0 bridgehead atoms. The molecule has 0 amide bonds. The van der Waals surface area contributed by atoms with Crippen LogP contribution in [0.1, 0.15) is 18.5 Å². The van der Waals surface area contributed by atoms with Gasteiger partial charge in [0.25, 0.3) is 0 Å². The van der Waals surface area contributed by atoms with E-state index in [2.05, 4.69) is 10.4 Å². The Labute approximate surface area is 153 Å². The van der Waals surface area contributed by atoms with Crippen molar-refractivity contribution in [2.75, 3.05) is 19.6 Å². The predicted octanol–water partition coefficient (Wildman–Crippen LogP) is 2.31. The van der Waals surface area contributed by atoms with Gasteiger partial charge in [0.1, 0.15) is 4.90 Å². The van der Waals surface area contributed by atoms with Crippen LogP contribution in [-0.4, -0.2) is 42.1 Å². The third-order valence-electron chi connectivity index (χ3n) is 3.97. The van der Waals surface area contributed by atoms with Gasteiger partial charge < -0.3 is 5.32 Å². The summed E-state index contributed by atoms with van der Waals surface area (Å²) >= 11 is 6.06. The smallest absolute Gasteiger partial charge is 0.246 e. The number of nitrogens with one attached hydrogen (secondary N) is 1. The summed E-state index contributed by atoms with van der Waals surface area (Å²) in [5.74, 6) is 0. The number of aromatic nitrogens is 2. The summed E-state index contributed by atoms with van der Waals surface area (Å²) < 4.78 is 29.1. The van der Waals surface area contributed by atoms with Crippen LogP contribution in [0.25, 0.3) is 0 Å². The molecule has 2 heterocycles. The Balaban J connectivity index is 0.00000208. The molecule has 0 saturated carbocycles. The first-order valence-corrected chi connectivity index (χ1v) is 9.34. The molecule has 1 aliphatic rings. The molecule has 1 aromatic carbocycles. The second kappa shape index (κ2) is 7.84. The molecule has 1 aromatic heterocycles. The number of rotatable bonds is 4. The molecule has 132 valence electrons. The molecule has 24 heavy (non-hydrogen) atoms. The minimum atomic E-state index is -3.59. The van der Waals surface area contributed by atoms with Gasteiger partial charge in [0.2, 0.25) is 10.0 Å². The largest absolute Gasteiger partial charge is 0.313 e. The highest BCUT2D eigenvalue weighted by Gasteiger charge is 2.35. The Morgan fingerprint density at radius 2 is 2.21 bits per heavy atom. The molecule has 0 aliphatic carbocycles. The second-order valence-electron chi connectivity index (χ2n) is 5.42. The van der Waals surface area contributed by atoms with E-state index < -0.39 is 10.0 Å². The number of nitrogens with zero attached hydrogens (tertiary/aromatic N) is 3. The van der Waals surface area contributed by atoms with E-state index in [1.54, 1.807) is 16.9 Å². The molecule has 1 atom stereocenters. The van der Waals surface area contributed by atoms with Crippen molar-refractivity contribution in [3.05, 3.63) is 47.2 Å². The first kappa shape index (κ1) is 19.2. The Morgan fingerprint density at radius 3 is 2.88 bits per heavy atom. The van der Waals surface area contributed by atoms with Crippen molar-refractivity contribution in [1.82, 2.24) is 19.4 Å². The summed E-state index contributed by atoms with van der Waals surface area (Å²) in [4.78, 5) is 0.230. The minimum Gasteiger partial charge on any atom is -0.313 e. The summed E-state index contributed by atoms with van der Waals surface area (Å²) in [5, 5.41) is 7.94. The number of hydrogen-bond acceptors (Lipinski definition) is 4. The number of halogens is 2. The molecular weight excluding hydrogens is 371 g/mol. The van der Waals surface area contributed by atoms with Crippen LogP contribution in [0.3, 0.4) is 0 Å². The maximum atomic E-state index is 13.0. The summed E-state index contributed by atoms with van der Waals surface area (Å²) in [6.07, 6.45) is 2.99. The average molecular weight is 391 g/mol. The van der Waals surface area contributed by atoms with Crippen LogP contribution in [0.5, 0.6) is 0 Å². The van der Waals surface area contributed by atoms with Crippen molar-refractivity contribution in [3.63, 3.8) is 0 Å². The van der Waals surface area contributed by atoms with Crippen LogP contribution in [-0.2, 0) is 16.6 Å². The van der Waals surface area contributed by atoms with Gasteiger partial charge >= 0.3 is 0 Å². The topological polar surface area (TPSA) is 67.2 Å². The van der Waals surface area contributed by atoms with E-state index in [1.807, 2.05) is 25.1 Å². The van der Waals surface area contributed by atoms with Gasteiger partial charge in [0.15, 0.2) is 0 Å². The fraction of sp³-hybridized carbons (Fsp3) is 0.400. The molecule has 9 heteroatoms. The van der Waals surface area contributed by atoms with Crippen LogP contribution in [0, 0.1) is 0 Å². The lowest BCUT2D eigenvalue weighted by atomic mass is 10.1. The summed E-state index contributed by atoms with van der Waals surface area (Å²) in [6, 6.07) is 7.06. The second-order valence-corrected chi connectivity index (χ2v) is 7.75. The highest BCUT2D eigenvalue weighted by Crippen LogP contribution is 2.29. The van der Waals surface area contributed by atoms with Crippen molar-refractivity contribution in [2.45, 2.75) is 24.4 Å². The van der Waals surface area contributed by atoms with Gasteiger partial charge in [-0.05, 0) is 24.6 Å². The van der Waals surface area contributed by atoms with Crippen molar-refractivity contribution in [3.8, 4) is 0 Å². The maximum Gasteiger partial charge on any atom is 0.246 e. The van der Waals surface area contributed by atoms with E-state index in [1.165, 1.54) is 10.5 Å². The van der Waals surface area contributed by atoms with E-state index in [4.69, 9.17) is 11.6 Å². The van der Waals surface area contributed by atoms with Crippen LogP contribution in [0.4, 0.5) is 0 Å². The van der Waals surface area contributed by atoms with E-state index >= 15 is 0 Å². The molecule has 1 N–H and O–H groups in total. The highest BCUT2D eigenvalue weighted by molar-refractivity contribution is 7.89. The lowest BCUT2D eigenvalue weighted by Crippen LogP contribution is -2.48. The average Bonchev–Trinajstić information content (AvgIpc) is 3.05. The molecule has 1 unspecified atom stereocenters. The maximum absolute atomic E-state index is 13.0. The Kier molecular flexibility index (Phi) is 6.28. The number of hydrogen-bond donors (Lipinski definition) is 1. The molecule has 3 rings (SSSR count). The number of benzene rings is 1. The normalized spacial score (nSPS) is 19.0. The number of aryl methyl sites for hydroxylation is 1. The third kappa shape index (κ3) is 3.75. The molecule has 0 spiro atoms. The van der Waals surface area contributed by atoms with Gasteiger partial charge in [-0.25, -0.2) is 8.42 Å². The van der Waals surface area contributed by atoms with E-state index in [0.29, 0.717) is 31.2 Å². The summed E-state index contributed by atoms with van der Waals surface area (Å²) in [5.41, 5.74) is 0.885. The van der Waals surface area contributed by atoms with Gasteiger partial charge in [-0.2, -0.15) is 9.40 Å². The van der Waals surface area contributed by atoms with Crippen molar-refractivity contribution >= 4 is 34.0 Å². The Hall–Kier alpha value is -1.12. The van der Waals surface area contributed by atoms with E-state index in [9.17, 15) is 8.42 Å². The molecule has 0 radical (unpaired) electrons. The predicted molar refractivity (Wildman–Crippen MR) is 96.1 cm³/mol. The Morgan fingerprint density at radius 1 is 1.42 bits per heavy atom. The number of sulfonamides is 1. The van der Waals surface area contributed by atoms with Crippen LogP contribution in [0.15, 0.2) is 41.6 Å². The Bertz CT molecular complexity index is 794.